The number of nitrogens with one attached hydrogen (secondary N) is 1. The van der Waals surface area contributed by atoms with E-state index >= 15 is 0 Å². The fourth-order valence-corrected chi connectivity index (χ4v) is 1.24. The Labute approximate surface area is 85.1 Å². The van der Waals surface area contributed by atoms with Crippen molar-refractivity contribution in [1.82, 2.24) is 5.32 Å². The summed E-state index contributed by atoms with van der Waals surface area (Å²) in [4.78, 5) is 11.1. The number of amides is 1. The molecule has 0 aromatic heterocycles. The van der Waals surface area contributed by atoms with Crippen LogP contribution >= 0.6 is 11.6 Å². The van der Waals surface area contributed by atoms with Gasteiger partial charge in [-0.05, 0) is 24.6 Å². The molecular formula is C9H6ClFN2O. The van der Waals surface area contributed by atoms with Crippen molar-refractivity contribution in [3.05, 3.63) is 34.1 Å². The van der Waals surface area contributed by atoms with E-state index in [1.165, 1.54) is 19.2 Å². The van der Waals surface area contributed by atoms with Crippen LogP contribution in [0, 0.1) is 24.2 Å². The molecule has 3 nitrogen and oxygen atoms in total. The fraction of sp³-hybridized carbons (Fsp3) is 0.111. The second-order valence-corrected chi connectivity index (χ2v) is 3.05. The van der Waals surface area contributed by atoms with Crippen LogP contribution in [0.25, 0.3) is 0 Å². The predicted octanol–water partition coefficient (Wildman–Crippen LogP) is 2.00. The molecule has 0 atom stereocenters. The molecule has 72 valence electrons. The number of halogens is 2. The molecule has 0 bridgehead atoms. The van der Waals surface area contributed by atoms with Crippen LogP contribution in [-0.2, 0) is 0 Å². The minimum atomic E-state index is -0.712. The highest BCUT2D eigenvalue weighted by atomic mass is 35.5. The second kappa shape index (κ2) is 4.07. The molecular weight excluding hydrogens is 207 g/mol. The summed E-state index contributed by atoms with van der Waals surface area (Å²) < 4.78 is 13.0. The summed E-state index contributed by atoms with van der Waals surface area (Å²) in [6.45, 7) is 1.53. The summed E-state index contributed by atoms with van der Waals surface area (Å²) in [5.41, 5.74) is 0.305. The van der Waals surface area contributed by atoms with Crippen molar-refractivity contribution < 1.29 is 9.18 Å². The third-order valence-corrected chi connectivity index (χ3v) is 1.98. The number of benzene rings is 1. The minimum Gasteiger partial charge on any atom is -0.268 e. The fourth-order valence-electron chi connectivity index (χ4n) is 0.938. The first-order valence-corrected chi connectivity index (χ1v) is 4.09. The summed E-state index contributed by atoms with van der Waals surface area (Å²) in [6.07, 6.45) is 1.45. The number of carbonyl (C=O) groups excluding carboxylic acids is 1. The Morgan fingerprint density at radius 2 is 2.29 bits per heavy atom. The SMILES string of the molecule is Cc1cc(Cl)c(C(=O)NC#N)cc1F. The highest BCUT2D eigenvalue weighted by Crippen LogP contribution is 2.20. The van der Waals surface area contributed by atoms with Crippen molar-refractivity contribution in [3.63, 3.8) is 0 Å². The van der Waals surface area contributed by atoms with Crippen LogP contribution < -0.4 is 5.32 Å². The number of nitrogens with zero attached hydrogens (tertiary/aromatic N) is 1. The maximum atomic E-state index is 13.0. The van der Waals surface area contributed by atoms with Gasteiger partial charge in [0.1, 0.15) is 5.82 Å². The first kappa shape index (κ1) is 10.5. The average Bonchev–Trinajstić information content (AvgIpc) is 2.11. The zero-order valence-corrected chi connectivity index (χ0v) is 8.02. The quantitative estimate of drug-likeness (QED) is 0.572. The standard InChI is InChI=1S/C9H6ClFN2O/c1-5-2-7(10)6(3-8(5)11)9(14)13-4-12/h2-3H,1H3,(H,13,14). The zero-order valence-electron chi connectivity index (χ0n) is 7.27. The highest BCUT2D eigenvalue weighted by molar-refractivity contribution is 6.33. The first-order chi connectivity index (χ1) is 6.56. The molecule has 1 aromatic rings. The molecule has 1 rings (SSSR count). The van der Waals surface area contributed by atoms with Gasteiger partial charge in [-0.3, -0.25) is 10.1 Å². The number of rotatable bonds is 1. The minimum absolute atomic E-state index is 0.0451. The van der Waals surface area contributed by atoms with Gasteiger partial charge in [0.2, 0.25) is 0 Å². The first-order valence-electron chi connectivity index (χ1n) is 3.71. The van der Waals surface area contributed by atoms with E-state index in [2.05, 4.69) is 0 Å². The van der Waals surface area contributed by atoms with Crippen LogP contribution in [0.2, 0.25) is 5.02 Å². The molecule has 1 aromatic carbocycles. The molecule has 0 aliphatic carbocycles. The summed E-state index contributed by atoms with van der Waals surface area (Å²) in [5, 5.41) is 10.2. The summed E-state index contributed by atoms with van der Waals surface area (Å²) in [7, 11) is 0. The zero-order chi connectivity index (χ0) is 10.7. The van der Waals surface area contributed by atoms with Gasteiger partial charge in [0.05, 0.1) is 10.6 Å². The summed E-state index contributed by atoms with van der Waals surface area (Å²) in [5.74, 6) is -1.24. The Balaban J connectivity index is 3.17. The Hall–Kier alpha value is -1.60. The van der Waals surface area contributed by atoms with Crippen LogP contribution in [-0.4, -0.2) is 5.91 Å². The van der Waals surface area contributed by atoms with Crippen molar-refractivity contribution in [1.29, 1.82) is 5.26 Å². The molecule has 14 heavy (non-hydrogen) atoms. The molecule has 0 saturated carbocycles. The van der Waals surface area contributed by atoms with Crippen molar-refractivity contribution in [2.75, 3.05) is 0 Å². The Morgan fingerprint density at radius 1 is 1.64 bits per heavy atom. The second-order valence-electron chi connectivity index (χ2n) is 2.65. The van der Waals surface area contributed by atoms with Crippen LogP contribution in [0.1, 0.15) is 15.9 Å². The van der Waals surface area contributed by atoms with E-state index in [0.29, 0.717) is 5.56 Å². The average molecular weight is 213 g/mol. The maximum Gasteiger partial charge on any atom is 0.265 e. The Morgan fingerprint density at radius 3 is 2.86 bits per heavy atom. The lowest BCUT2D eigenvalue weighted by Gasteiger charge is -2.03. The van der Waals surface area contributed by atoms with Crippen LogP contribution in [0.15, 0.2) is 12.1 Å². The van der Waals surface area contributed by atoms with Crippen LogP contribution in [0.3, 0.4) is 0 Å². The molecule has 0 saturated heterocycles. The number of hydrogen-bond donors (Lipinski definition) is 1. The van der Waals surface area contributed by atoms with Gasteiger partial charge in [-0.1, -0.05) is 11.6 Å². The van der Waals surface area contributed by atoms with Gasteiger partial charge in [-0.15, -0.1) is 0 Å². The maximum absolute atomic E-state index is 13.0. The molecule has 0 unspecified atom stereocenters. The summed E-state index contributed by atoms with van der Waals surface area (Å²) in [6, 6.07) is 2.34. The lowest BCUT2D eigenvalue weighted by atomic mass is 10.1. The third-order valence-electron chi connectivity index (χ3n) is 1.66. The van der Waals surface area contributed by atoms with E-state index in [0.717, 1.165) is 6.07 Å². The normalized spacial score (nSPS) is 9.29. The van der Waals surface area contributed by atoms with Crippen LogP contribution in [0.4, 0.5) is 4.39 Å². The van der Waals surface area contributed by atoms with E-state index in [1.807, 2.05) is 5.32 Å². The molecule has 5 heteroatoms. The molecule has 0 fully saturated rings. The lowest BCUT2D eigenvalue weighted by Crippen LogP contribution is -2.18. The Kier molecular flexibility index (Phi) is 3.05. The van der Waals surface area contributed by atoms with Crippen molar-refractivity contribution in [2.45, 2.75) is 6.92 Å². The van der Waals surface area contributed by atoms with Gasteiger partial charge < -0.3 is 0 Å². The predicted molar refractivity (Wildman–Crippen MR) is 49.2 cm³/mol. The molecule has 1 N–H and O–H groups in total. The smallest absolute Gasteiger partial charge is 0.265 e. The number of aryl methyl sites for hydroxylation is 1. The van der Waals surface area contributed by atoms with E-state index in [-0.39, 0.29) is 10.6 Å². The van der Waals surface area contributed by atoms with Gasteiger partial charge in [-0.2, -0.15) is 5.26 Å². The van der Waals surface area contributed by atoms with E-state index in [1.54, 1.807) is 0 Å². The van der Waals surface area contributed by atoms with Gasteiger partial charge in [0.25, 0.3) is 5.91 Å². The largest absolute Gasteiger partial charge is 0.268 e. The lowest BCUT2D eigenvalue weighted by molar-refractivity contribution is 0.0972. The van der Waals surface area contributed by atoms with Gasteiger partial charge >= 0.3 is 0 Å². The monoisotopic (exact) mass is 212 g/mol. The number of hydrogen-bond acceptors (Lipinski definition) is 2. The van der Waals surface area contributed by atoms with Gasteiger partial charge in [-0.25, -0.2) is 4.39 Å². The molecule has 1 amide bonds. The molecule has 0 aliphatic rings. The van der Waals surface area contributed by atoms with Crippen molar-refractivity contribution in [2.24, 2.45) is 0 Å². The van der Waals surface area contributed by atoms with E-state index in [4.69, 9.17) is 16.9 Å². The van der Waals surface area contributed by atoms with E-state index in [9.17, 15) is 9.18 Å². The highest BCUT2D eigenvalue weighted by Gasteiger charge is 2.12. The van der Waals surface area contributed by atoms with Crippen molar-refractivity contribution >= 4 is 17.5 Å². The molecule has 0 aliphatic heterocycles. The van der Waals surface area contributed by atoms with Gasteiger partial charge in [0.15, 0.2) is 6.19 Å². The molecule has 0 radical (unpaired) electrons. The third kappa shape index (κ3) is 2.01. The van der Waals surface area contributed by atoms with Gasteiger partial charge in [0, 0.05) is 0 Å². The topological polar surface area (TPSA) is 52.9 Å². The molecule has 0 heterocycles. The van der Waals surface area contributed by atoms with E-state index < -0.39 is 11.7 Å². The Bertz CT molecular complexity index is 426. The molecule has 0 spiro atoms. The number of carbonyl (C=O) groups is 1. The summed E-state index contributed by atoms with van der Waals surface area (Å²) >= 11 is 5.70. The van der Waals surface area contributed by atoms with Crippen LogP contribution in [0.5, 0.6) is 0 Å². The van der Waals surface area contributed by atoms with Crippen molar-refractivity contribution in [3.8, 4) is 6.19 Å². The number of nitriles is 1.